The summed E-state index contributed by atoms with van der Waals surface area (Å²) in [4.78, 5) is 0. The normalized spacial score (nSPS) is 30.0. The molecule has 1 saturated carbocycles. The molecule has 0 amide bonds. The van der Waals surface area contributed by atoms with Gasteiger partial charge in [-0.25, -0.2) is 0 Å². The summed E-state index contributed by atoms with van der Waals surface area (Å²) in [7, 11) is 0. The molecule has 0 aliphatic heterocycles. The second-order valence-corrected chi connectivity index (χ2v) is 4.52. The number of rotatable bonds is 4. The second-order valence-electron chi connectivity index (χ2n) is 4.52. The van der Waals surface area contributed by atoms with Crippen molar-refractivity contribution in [1.29, 1.82) is 0 Å². The van der Waals surface area contributed by atoms with Crippen molar-refractivity contribution >= 4 is 0 Å². The second kappa shape index (κ2) is 4.86. The summed E-state index contributed by atoms with van der Waals surface area (Å²) in [6.07, 6.45) is 5.79. The van der Waals surface area contributed by atoms with Gasteiger partial charge in [0.2, 0.25) is 0 Å². The standard InChI is InChI=1S/C11H23N/c1-4-10-5-6-11(7-10)8-12-9(2)3/h9-12H,4-8H2,1-3H3. The van der Waals surface area contributed by atoms with Crippen LogP contribution in [0.2, 0.25) is 0 Å². The fourth-order valence-corrected chi connectivity index (χ4v) is 2.14. The highest BCUT2D eigenvalue weighted by Gasteiger charge is 2.22. The van der Waals surface area contributed by atoms with Gasteiger partial charge in [0.15, 0.2) is 0 Å². The summed E-state index contributed by atoms with van der Waals surface area (Å²) in [5.41, 5.74) is 0. The zero-order valence-electron chi connectivity index (χ0n) is 8.77. The Bertz CT molecular complexity index is 120. The molecule has 0 aromatic heterocycles. The van der Waals surface area contributed by atoms with Crippen molar-refractivity contribution in [2.24, 2.45) is 11.8 Å². The first-order chi connectivity index (χ1) is 5.72. The first kappa shape index (κ1) is 10.0. The molecule has 72 valence electrons. The molecule has 1 rings (SSSR count). The summed E-state index contributed by atoms with van der Waals surface area (Å²) in [5.74, 6) is 2.00. The molecular weight excluding hydrogens is 146 g/mol. The molecule has 0 heterocycles. The van der Waals surface area contributed by atoms with E-state index in [2.05, 4.69) is 26.1 Å². The Morgan fingerprint density at radius 1 is 1.25 bits per heavy atom. The maximum Gasteiger partial charge on any atom is 0.00104 e. The summed E-state index contributed by atoms with van der Waals surface area (Å²) in [6, 6.07) is 0.658. The molecular formula is C11H23N. The van der Waals surface area contributed by atoms with E-state index in [4.69, 9.17) is 0 Å². The molecule has 1 nitrogen and oxygen atoms in total. The van der Waals surface area contributed by atoms with E-state index in [1.54, 1.807) is 0 Å². The summed E-state index contributed by atoms with van der Waals surface area (Å²) in [6.45, 7) is 8.02. The maximum atomic E-state index is 3.53. The lowest BCUT2D eigenvalue weighted by Crippen LogP contribution is -2.27. The van der Waals surface area contributed by atoms with Crippen molar-refractivity contribution in [3.8, 4) is 0 Å². The van der Waals surface area contributed by atoms with E-state index in [-0.39, 0.29) is 0 Å². The number of nitrogens with one attached hydrogen (secondary N) is 1. The molecule has 0 bridgehead atoms. The molecule has 12 heavy (non-hydrogen) atoms. The van der Waals surface area contributed by atoms with Crippen molar-refractivity contribution < 1.29 is 0 Å². The van der Waals surface area contributed by atoms with Crippen LogP contribution in [0.3, 0.4) is 0 Å². The first-order valence-corrected chi connectivity index (χ1v) is 5.45. The third kappa shape index (κ3) is 3.14. The van der Waals surface area contributed by atoms with Crippen LogP contribution < -0.4 is 5.32 Å². The lowest BCUT2D eigenvalue weighted by molar-refractivity contribution is 0.434. The van der Waals surface area contributed by atoms with Crippen LogP contribution >= 0.6 is 0 Å². The molecule has 1 aliphatic rings. The van der Waals surface area contributed by atoms with Crippen LogP contribution in [0.4, 0.5) is 0 Å². The van der Waals surface area contributed by atoms with E-state index in [9.17, 15) is 0 Å². The molecule has 0 aromatic rings. The van der Waals surface area contributed by atoms with Crippen LogP contribution in [0.25, 0.3) is 0 Å². The molecule has 0 spiro atoms. The fourth-order valence-electron chi connectivity index (χ4n) is 2.14. The SMILES string of the molecule is CCC1CCC(CNC(C)C)C1. The molecule has 1 N–H and O–H groups in total. The maximum absolute atomic E-state index is 3.53. The highest BCUT2D eigenvalue weighted by Crippen LogP contribution is 2.32. The Morgan fingerprint density at radius 3 is 2.42 bits per heavy atom. The minimum Gasteiger partial charge on any atom is -0.314 e. The van der Waals surface area contributed by atoms with Crippen LogP contribution in [0.15, 0.2) is 0 Å². The van der Waals surface area contributed by atoms with E-state index in [1.807, 2.05) is 0 Å². The minimum absolute atomic E-state index is 0.658. The van der Waals surface area contributed by atoms with Gasteiger partial charge in [-0.15, -0.1) is 0 Å². The highest BCUT2D eigenvalue weighted by molar-refractivity contribution is 4.76. The Hall–Kier alpha value is -0.0400. The van der Waals surface area contributed by atoms with Gasteiger partial charge in [-0.2, -0.15) is 0 Å². The number of hydrogen-bond acceptors (Lipinski definition) is 1. The van der Waals surface area contributed by atoms with Crippen molar-refractivity contribution in [1.82, 2.24) is 5.32 Å². The van der Waals surface area contributed by atoms with E-state index >= 15 is 0 Å². The van der Waals surface area contributed by atoms with Gasteiger partial charge in [0.1, 0.15) is 0 Å². The average molecular weight is 169 g/mol. The zero-order chi connectivity index (χ0) is 8.97. The largest absolute Gasteiger partial charge is 0.314 e. The first-order valence-electron chi connectivity index (χ1n) is 5.45. The van der Waals surface area contributed by atoms with Crippen LogP contribution in [0.5, 0.6) is 0 Å². The molecule has 0 saturated heterocycles. The van der Waals surface area contributed by atoms with Gasteiger partial charge in [0, 0.05) is 6.04 Å². The smallest absolute Gasteiger partial charge is 0.00104 e. The van der Waals surface area contributed by atoms with Crippen LogP contribution in [0, 0.1) is 11.8 Å². The Labute approximate surface area is 76.9 Å². The Kier molecular flexibility index (Phi) is 4.07. The van der Waals surface area contributed by atoms with Gasteiger partial charge in [-0.3, -0.25) is 0 Å². The van der Waals surface area contributed by atoms with Gasteiger partial charge in [-0.05, 0) is 31.2 Å². The zero-order valence-corrected chi connectivity index (χ0v) is 8.77. The Morgan fingerprint density at radius 2 is 1.92 bits per heavy atom. The van der Waals surface area contributed by atoms with Crippen molar-refractivity contribution in [2.75, 3.05) is 6.54 Å². The Balaban J connectivity index is 2.11. The monoisotopic (exact) mass is 169 g/mol. The summed E-state index contributed by atoms with van der Waals surface area (Å²) < 4.78 is 0. The highest BCUT2D eigenvalue weighted by atomic mass is 14.9. The van der Waals surface area contributed by atoms with Gasteiger partial charge in [-0.1, -0.05) is 33.6 Å². The van der Waals surface area contributed by atoms with E-state index in [0.29, 0.717) is 6.04 Å². The van der Waals surface area contributed by atoms with E-state index < -0.39 is 0 Å². The van der Waals surface area contributed by atoms with Crippen molar-refractivity contribution in [3.63, 3.8) is 0 Å². The van der Waals surface area contributed by atoms with Crippen molar-refractivity contribution in [2.45, 2.75) is 52.5 Å². The average Bonchev–Trinajstić information content (AvgIpc) is 2.48. The molecule has 1 heteroatoms. The van der Waals surface area contributed by atoms with E-state index in [1.165, 1.54) is 32.2 Å². The lowest BCUT2D eigenvalue weighted by Gasteiger charge is -2.13. The molecule has 0 radical (unpaired) electrons. The summed E-state index contributed by atoms with van der Waals surface area (Å²) >= 11 is 0. The van der Waals surface area contributed by atoms with Gasteiger partial charge in [0.25, 0.3) is 0 Å². The van der Waals surface area contributed by atoms with Crippen molar-refractivity contribution in [3.05, 3.63) is 0 Å². The topological polar surface area (TPSA) is 12.0 Å². The molecule has 2 atom stereocenters. The third-order valence-corrected chi connectivity index (χ3v) is 3.04. The molecule has 1 fully saturated rings. The van der Waals surface area contributed by atoms with Gasteiger partial charge >= 0.3 is 0 Å². The third-order valence-electron chi connectivity index (χ3n) is 3.04. The molecule has 0 aromatic carbocycles. The molecule has 1 aliphatic carbocycles. The lowest BCUT2D eigenvalue weighted by atomic mass is 10.0. The van der Waals surface area contributed by atoms with Crippen LogP contribution in [-0.2, 0) is 0 Å². The van der Waals surface area contributed by atoms with Crippen LogP contribution in [0.1, 0.15) is 46.5 Å². The van der Waals surface area contributed by atoms with Crippen LogP contribution in [-0.4, -0.2) is 12.6 Å². The quantitative estimate of drug-likeness (QED) is 0.682. The minimum atomic E-state index is 0.658. The van der Waals surface area contributed by atoms with E-state index in [0.717, 1.165) is 11.8 Å². The van der Waals surface area contributed by atoms with Gasteiger partial charge in [0.05, 0.1) is 0 Å². The number of hydrogen-bond donors (Lipinski definition) is 1. The predicted octanol–water partition coefficient (Wildman–Crippen LogP) is 2.81. The van der Waals surface area contributed by atoms with Gasteiger partial charge < -0.3 is 5.32 Å². The predicted molar refractivity (Wildman–Crippen MR) is 54.3 cm³/mol. The fraction of sp³-hybridized carbons (Fsp3) is 1.00. The molecule has 2 unspecified atom stereocenters. The summed E-state index contributed by atoms with van der Waals surface area (Å²) in [5, 5.41) is 3.53.